The molecule has 1 unspecified atom stereocenters. The first-order valence-electron chi connectivity index (χ1n) is 5.10. The summed E-state index contributed by atoms with van der Waals surface area (Å²) in [5, 5.41) is 3.19. The van der Waals surface area contributed by atoms with E-state index in [0.29, 0.717) is 6.04 Å². The summed E-state index contributed by atoms with van der Waals surface area (Å²) < 4.78 is 5.19. The second-order valence-corrected chi connectivity index (χ2v) is 3.95. The van der Waals surface area contributed by atoms with Crippen LogP contribution in [0.2, 0.25) is 0 Å². The molecule has 0 spiro atoms. The fraction of sp³-hybridized carbons (Fsp3) is 1.00. The predicted molar refractivity (Wildman–Crippen MR) is 60.8 cm³/mol. The van der Waals surface area contributed by atoms with Crippen molar-refractivity contribution in [1.82, 2.24) is 15.1 Å². The first kappa shape index (κ1) is 13.8. The van der Waals surface area contributed by atoms with Gasteiger partial charge < -0.3 is 15.0 Å². The lowest BCUT2D eigenvalue weighted by Gasteiger charge is -2.28. The Balaban J connectivity index is 3.81. The molecule has 0 aromatic carbocycles. The van der Waals surface area contributed by atoms with Crippen LogP contribution >= 0.6 is 0 Å². The van der Waals surface area contributed by atoms with Crippen LogP contribution in [0.25, 0.3) is 0 Å². The van der Waals surface area contributed by atoms with Gasteiger partial charge in [0.2, 0.25) is 0 Å². The Bertz CT molecular complexity index is 125. The Morgan fingerprint density at radius 3 is 2.29 bits per heavy atom. The molecule has 14 heavy (non-hydrogen) atoms. The summed E-state index contributed by atoms with van der Waals surface area (Å²) in [6.07, 6.45) is 0. The molecule has 0 rings (SSSR count). The van der Waals surface area contributed by atoms with E-state index in [1.807, 2.05) is 7.05 Å². The van der Waals surface area contributed by atoms with Crippen LogP contribution < -0.4 is 5.32 Å². The molecular formula is C10H25N3O. The van der Waals surface area contributed by atoms with E-state index < -0.39 is 0 Å². The van der Waals surface area contributed by atoms with Gasteiger partial charge in [0.15, 0.2) is 0 Å². The summed E-state index contributed by atoms with van der Waals surface area (Å²) in [4.78, 5) is 4.53. The average Bonchev–Trinajstić information content (AvgIpc) is 2.14. The zero-order valence-electron chi connectivity index (χ0n) is 10.2. The summed E-state index contributed by atoms with van der Waals surface area (Å²) in [5.74, 6) is 0. The standard InChI is InChI=1S/C10H25N3O/c1-11-8-10(9-14-5)13(4)7-6-12(2)3/h10-11H,6-9H2,1-5H3. The third kappa shape index (κ3) is 6.32. The SMILES string of the molecule is CNCC(COC)N(C)CCN(C)C. The molecule has 0 aromatic heterocycles. The Morgan fingerprint density at radius 2 is 1.86 bits per heavy atom. The molecule has 1 N–H and O–H groups in total. The maximum atomic E-state index is 5.19. The van der Waals surface area contributed by atoms with Crippen molar-refractivity contribution >= 4 is 0 Å². The Kier molecular flexibility index (Phi) is 8.08. The number of methoxy groups -OCH3 is 1. The van der Waals surface area contributed by atoms with Crippen LogP contribution in [0.15, 0.2) is 0 Å². The highest BCUT2D eigenvalue weighted by Crippen LogP contribution is 1.96. The quantitative estimate of drug-likeness (QED) is 0.587. The Hall–Kier alpha value is -0.160. The maximum absolute atomic E-state index is 5.19. The Labute approximate surface area is 88.2 Å². The maximum Gasteiger partial charge on any atom is 0.0630 e. The van der Waals surface area contributed by atoms with Crippen molar-refractivity contribution in [1.29, 1.82) is 0 Å². The number of hydrogen-bond donors (Lipinski definition) is 1. The van der Waals surface area contributed by atoms with Crippen LogP contribution in [0.1, 0.15) is 0 Å². The summed E-state index contributed by atoms with van der Waals surface area (Å²) in [5.41, 5.74) is 0. The first-order chi connectivity index (χ1) is 6.61. The van der Waals surface area contributed by atoms with Crippen LogP contribution in [-0.2, 0) is 4.74 Å². The molecule has 0 saturated carbocycles. The fourth-order valence-corrected chi connectivity index (χ4v) is 1.31. The molecule has 0 aliphatic carbocycles. The van der Waals surface area contributed by atoms with E-state index in [-0.39, 0.29) is 0 Å². The third-order valence-electron chi connectivity index (χ3n) is 2.32. The topological polar surface area (TPSA) is 27.7 Å². The summed E-state index contributed by atoms with van der Waals surface area (Å²) in [6.45, 7) is 3.91. The van der Waals surface area contributed by atoms with Gasteiger partial charge in [-0.1, -0.05) is 0 Å². The molecule has 0 aromatic rings. The highest BCUT2D eigenvalue weighted by atomic mass is 16.5. The van der Waals surface area contributed by atoms with Gasteiger partial charge in [0.25, 0.3) is 0 Å². The summed E-state index contributed by atoms with van der Waals surface area (Å²) >= 11 is 0. The summed E-state index contributed by atoms with van der Waals surface area (Å²) in [6, 6.07) is 0.463. The van der Waals surface area contributed by atoms with Crippen molar-refractivity contribution in [2.75, 3.05) is 61.5 Å². The number of hydrogen-bond acceptors (Lipinski definition) is 4. The monoisotopic (exact) mass is 203 g/mol. The van der Waals surface area contributed by atoms with Crippen LogP contribution in [0, 0.1) is 0 Å². The van der Waals surface area contributed by atoms with E-state index in [1.165, 1.54) is 0 Å². The average molecular weight is 203 g/mol. The minimum absolute atomic E-state index is 0.463. The molecule has 86 valence electrons. The third-order valence-corrected chi connectivity index (χ3v) is 2.32. The largest absolute Gasteiger partial charge is 0.383 e. The van der Waals surface area contributed by atoms with E-state index >= 15 is 0 Å². The van der Waals surface area contributed by atoms with E-state index in [4.69, 9.17) is 4.74 Å². The van der Waals surface area contributed by atoms with Crippen LogP contribution in [-0.4, -0.2) is 77.4 Å². The molecule has 1 atom stereocenters. The first-order valence-corrected chi connectivity index (χ1v) is 5.10. The molecule has 4 nitrogen and oxygen atoms in total. The van der Waals surface area contributed by atoms with Crippen LogP contribution in [0.3, 0.4) is 0 Å². The molecule has 0 aliphatic rings. The van der Waals surface area contributed by atoms with Gasteiger partial charge in [-0.25, -0.2) is 0 Å². The van der Waals surface area contributed by atoms with Crippen molar-refractivity contribution in [2.45, 2.75) is 6.04 Å². The van der Waals surface area contributed by atoms with Crippen LogP contribution in [0.4, 0.5) is 0 Å². The van der Waals surface area contributed by atoms with E-state index in [0.717, 1.165) is 26.2 Å². The lowest BCUT2D eigenvalue weighted by atomic mass is 10.2. The molecule has 0 heterocycles. The second-order valence-electron chi connectivity index (χ2n) is 3.95. The lowest BCUT2D eigenvalue weighted by Crippen LogP contribution is -2.44. The van der Waals surface area contributed by atoms with Crippen LogP contribution in [0.5, 0.6) is 0 Å². The van der Waals surface area contributed by atoms with Gasteiger partial charge in [-0.2, -0.15) is 0 Å². The second kappa shape index (κ2) is 8.17. The number of ether oxygens (including phenoxy) is 1. The number of nitrogens with one attached hydrogen (secondary N) is 1. The lowest BCUT2D eigenvalue weighted by molar-refractivity contribution is 0.102. The van der Waals surface area contributed by atoms with E-state index in [9.17, 15) is 0 Å². The van der Waals surface area contributed by atoms with Crippen molar-refractivity contribution in [3.63, 3.8) is 0 Å². The number of likely N-dealkylation sites (N-methyl/N-ethyl adjacent to an activating group) is 3. The summed E-state index contributed by atoms with van der Waals surface area (Å²) in [7, 11) is 10.1. The van der Waals surface area contributed by atoms with Gasteiger partial charge in [-0.3, -0.25) is 4.90 Å². The van der Waals surface area contributed by atoms with Gasteiger partial charge in [0, 0.05) is 32.8 Å². The molecule has 4 heteroatoms. The van der Waals surface area contributed by atoms with Crippen molar-refractivity contribution in [2.24, 2.45) is 0 Å². The van der Waals surface area contributed by atoms with Crippen molar-refractivity contribution < 1.29 is 4.74 Å². The van der Waals surface area contributed by atoms with Gasteiger partial charge in [-0.05, 0) is 28.2 Å². The smallest absolute Gasteiger partial charge is 0.0630 e. The fourth-order valence-electron chi connectivity index (χ4n) is 1.31. The van der Waals surface area contributed by atoms with Crippen molar-refractivity contribution in [3.05, 3.63) is 0 Å². The zero-order chi connectivity index (χ0) is 11.0. The molecule has 0 saturated heterocycles. The zero-order valence-corrected chi connectivity index (χ0v) is 10.2. The van der Waals surface area contributed by atoms with Gasteiger partial charge in [0.1, 0.15) is 0 Å². The van der Waals surface area contributed by atoms with E-state index in [1.54, 1.807) is 7.11 Å². The van der Waals surface area contributed by atoms with Gasteiger partial charge in [-0.15, -0.1) is 0 Å². The molecule has 0 aliphatic heterocycles. The van der Waals surface area contributed by atoms with Gasteiger partial charge >= 0.3 is 0 Å². The normalized spacial score (nSPS) is 13.9. The molecule has 0 amide bonds. The molecule has 0 bridgehead atoms. The predicted octanol–water partition coefficient (Wildman–Crippen LogP) is -0.286. The molecular weight excluding hydrogens is 178 g/mol. The molecule has 0 fully saturated rings. The Morgan fingerprint density at radius 1 is 1.21 bits per heavy atom. The minimum atomic E-state index is 0.463. The minimum Gasteiger partial charge on any atom is -0.383 e. The van der Waals surface area contributed by atoms with E-state index in [2.05, 4.69) is 36.3 Å². The number of rotatable bonds is 8. The highest BCUT2D eigenvalue weighted by molar-refractivity contribution is 4.70. The van der Waals surface area contributed by atoms with Gasteiger partial charge in [0.05, 0.1) is 6.61 Å². The van der Waals surface area contributed by atoms with Crippen molar-refractivity contribution in [3.8, 4) is 0 Å². The molecule has 0 radical (unpaired) electrons. The number of nitrogens with zero attached hydrogens (tertiary/aromatic N) is 2. The highest BCUT2D eigenvalue weighted by Gasteiger charge is 2.13.